The highest BCUT2D eigenvalue weighted by Gasteiger charge is 2.58. The number of hydrogen-bond acceptors (Lipinski definition) is 10. The molecule has 11 nitrogen and oxygen atoms in total. The van der Waals surface area contributed by atoms with E-state index in [2.05, 4.69) is 261 Å². The first kappa shape index (κ1) is 92.7. The Morgan fingerprint density at radius 2 is 0.767 bits per heavy atom. The average molecular weight is 1450 g/mol. The summed E-state index contributed by atoms with van der Waals surface area (Å²) in [5, 5.41) is 0. The molecule has 14 aliphatic rings. The number of piperazine rings is 1. The van der Waals surface area contributed by atoms with Crippen molar-refractivity contribution in [1.29, 1.82) is 0 Å². The van der Waals surface area contributed by atoms with Crippen LogP contribution in [0.5, 0.6) is 0 Å². The third kappa shape index (κ3) is 24.6. The van der Waals surface area contributed by atoms with Crippen LogP contribution in [-0.4, -0.2) is 223 Å². The summed E-state index contributed by atoms with van der Waals surface area (Å²) in [5.74, 6) is 10.6. The van der Waals surface area contributed by atoms with Crippen LogP contribution in [0.2, 0.25) is 0 Å². The monoisotopic (exact) mass is 1450 g/mol. The topological polar surface area (TPSA) is 55.5 Å². The van der Waals surface area contributed by atoms with Gasteiger partial charge in [0, 0.05) is 154 Å². The van der Waals surface area contributed by atoms with Crippen molar-refractivity contribution in [2.75, 3.05) is 65.6 Å². The van der Waals surface area contributed by atoms with Gasteiger partial charge in [-0.1, -0.05) is 124 Å². The highest BCUT2D eigenvalue weighted by atomic mass is 16.5. The minimum atomic E-state index is 0.212. The molecule has 10 saturated heterocycles. The summed E-state index contributed by atoms with van der Waals surface area (Å²) >= 11 is 0. The van der Waals surface area contributed by atoms with Crippen molar-refractivity contribution in [3.8, 4) is 0 Å². The van der Waals surface area contributed by atoms with Crippen LogP contribution in [-0.2, 0) is 9.53 Å². The normalized spacial score (nSPS) is 33.0. The summed E-state index contributed by atoms with van der Waals surface area (Å²) in [4.78, 5) is 34.9. The van der Waals surface area contributed by atoms with Gasteiger partial charge in [-0.2, -0.15) is 0 Å². The zero-order valence-corrected chi connectivity index (χ0v) is 75.3. The van der Waals surface area contributed by atoms with Crippen molar-refractivity contribution in [2.45, 2.75) is 452 Å². The van der Waals surface area contributed by atoms with E-state index in [1.807, 2.05) is 4.90 Å². The van der Waals surface area contributed by atoms with Crippen LogP contribution in [0.15, 0.2) is 0 Å². The van der Waals surface area contributed by atoms with Crippen LogP contribution in [0.4, 0.5) is 0 Å². The third-order valence-corrected chi connectivity index (χ3v) is 28.6. The van der Waals surface area contributed by atoms with E-state index in [1.54, 1.807) is 6.92 Å². The number of rotatable bonds is 16. The lowest BCUT2D eigenvalue weighted by Crippen LogP contribution is -2.59. The summed E-state index contributed by atoms with van der Waals surface area (Å²) in [7, 11) is 0. The minimum absolute atomic E-state index is 0.212. The zero-order chi connectivity index (χ0) is 77.4. The van der Waals surface area contributed by atoms with Gasteiger partial charge in [-0.3, -0.25) is 44.0 Å². The van der Waals surface area contributed by atoms with E-state index in [0.29, 0.717) is 47.1 Å². The van der Waals surface area contributed by atoms with E-state index in [0.717, 1.165) is 171 Å². The van der Waals surface area contributed by atoms with Crippen molar-refractivity contribution in [3.05, 3.63) is 0 Å². The van der Waals surface area contributed by atoms with Gasteiger partial charge in [-0.25, -0.2) is 0 Å². The predicted molar refractivity (Wildman–Crippen MR) is 450 cm³/mol. The summed E-state index contributed by atoms with van der Waals surface area (Å²) in [6.45, 7) is 87.5. The Bertz CT molecular complexity index is 2180. The van der Waals surface area contributed by atoms with E-state index in [-0.39, 0.29) is 5.91 Å². The molecule has 4 saturated carbocycles. The van der Waals surface area contributed by atoms with Crippen LogP contribution in [0.3, 0.4) is 0 Å². The van der Waals surface area contributed by atoms with Crippen molar-refractivity contribution in [3.63, 3.8) is 0 Å². The van der Waals surface area contributed by atoms with Gasteiger partial charge < -0.3 is 9.64 Å². The molecule has 0 aromatic heterocycles. The van der Waals surface area contributed by atoms with Gasteiger partial charge in [0.25, 0.3) is 0 Å². The molecule has 4 aliphatic carbocycles. The van der Waals surface area contributed by atoms with Crippen molar-refractivity contribution >= 4 is 5.91 Å². The molecule has 608 valence electrons. The molecule has 14 rings (SSSR count). The number of piperidine rings is 4. The quantitative estimate of drug-likeness (QED) is 0.149. The third-order valence-electron chi connectivity index (χ3n) is 28.6. The molecule has 0 N–H and O–H groups in total. The Morgan fingerprint density at radius 1 is 0.350 bits per heavy atom. The van der Waals surface area contributed by atoms with Crippen LogP contribution in [0.25, 0.3) is 0 Å². The molecule has 0 radical (unpaired) electrons. The van der Waals surface area contributed by atoms with Gasteiger partial charge in [0.1, 0.15) is 0 Å². The summed E-state index contributed by atoms with van der Waals surface area (Å²) in [6, 6.07) is 12.1. The number of nitrogens with zero attached hydrogens (tertiary/aromatic N) is 9. The molecule has 0 aromatic carbocycles. The molecule has 103 heavy (non-hydrogen) atoms. The summed E-state index contributed by atoms with van der Waals surface area (Å²) in [6.07, 6.45) is 26.3. The van der Waals surface area contributed by atoms with E-state index in [9.17, 15) is 4.79 Å². The molecule has 2 unspecified atom stereocenters. The van der Waals surface area contributed by atoms with Gasteiger partial charge in [0.15, 0.2) is 0 Å². The Hall–Kier alpha value is -0.890. The number of ether oxygens (including phenoxy) is 1. The maximum Gasteiger partial charge on any atom is 0.219 e. The van der Waals surface area contributed by atoms with Gasteiger partial charge in [0.2, 0.25) is 5.91 Å². The Balaban J connectivity index is 0.000000212. The highest BCUT2D eigenvalue weighted by Crippen LogP contribution is 2.55. The number of carbonyl (C=O) groups is 1. The first-order valence-corrected chi connectivity index (χ1v) is 45.1. The number of morpholine rings is 1. The number of fused-ring (bicyclic) bond motifs is 8. The van der Waals surface area contributed by atoms with Gasteiger partial charge in [0.05, 0.1) is 13.2 Å². The number of hydrogen-bond donors (Lipinski definition) is 0. The molecule has 8 bridgehead atoms. The lowest BCUT2D eigenvalue weighted by molar-refractivity contribution is -0.132. The maximum atomic E-state index is 11.4. The molecular weight excluding hydrogens is 1260 g/mol. The van der Waals surface area contributed by atoms with Crippen molar-refractivity contribution in [1.82, 2.24) is 44.1 Å². The Labute approximate surface area is 644 Å². The first-order valence-electron chi connectivity index (χ1n) is 45.1. The van der Waals surface area contributed by atoms with Gasteiger partial charge >= 0.3 is 0 Å². The van der Waals surface area contributed by atoms with E-state index >= 15 is 0 Å². The highest BCUT2D eigenvalue weighted by molar-refractivity contribution is 5.73. The standard InChI is InChI=1S/2C13H25N.C12H24N2O.C12H23N.C11H21N.C11H23N.C10H21NO.C10H21N/c1-9(2)13-11-5-7-12(8-6-11)14(13)10(3)4;1-10(2)13-7-5-6-12(8-13)9-14(13)11(3)4;1-9(2)12-8-13(11(5)15)6-7-14(12)10(3)4;1-8(2)12-10-5-6-11(7-10)13(12)9(3)4;1-8(2)11-5-10(6-11)7-12(11)9(3)4;1-9(2)11-7-5-6-8-12(11)10(3)4;1-8(2)10-7-12-6-5-11(10)9(3)4;1-8(2)10-6-5-7-11(10)9(3)4/h9-13H,5-8H2,1-4H3;10-12H,5-9H2,1-4H3;9-10,12H,6-8H2,1-5H3;8-12H,5-7H2,1-4H3;8-10H,5-7H2,1-4H3;9-11H,5-8H2,1-4H3;8-10H,5-7H2,1-4H3;8-10H,5-7H2,1-4H3/t11?,12?,13-;12-,13+;12-;10?,11?,12-;;11-;2*10-/m1001.000/s1. The van der Waals surface area contributed by atoms with Gasteiger partial charge in [-0.05, 0) is 298 Å². The summed E-state index contributed by atoms with van der Waals surface area (Å²) in [5.41, 5.74) is 1.18. The van der Waals surface area contributed by atoms with Crippen LogP contribution in [0.1, 0.15) is 344 Å². The van der Waals surface area contributed by atoms with E-state index < -0.39 is 0 Å². The number of likely N-dealkylation sites (tertiary alicyclic amines) is 4. The average Bonchev–Trinajstić information content (AvgIpc) is 1.58. The summed E-state index contributed by atoms with van der Waals surface area (Å²) < 4.78 is 5.48. The molecule has 14 fully saturated rings. The fourth-order valence-corrected chi connectivity index (χ4v) is 23.5. The van der Waals surface area contributed by atoms with E-state index in [4.69, 9.17) is 4.74 Å². The molecule has 0 spiro atoms. The largest absolute Gasteiger partial charge is 0.378 e. The minimum Gasteiger partial charge on any atom is -0.378 e. The number of amides is 1. The SMILES string of the molecule is CC(=O)N1CCN(C(C)C)[C@H](C(C)C)C1.CC(C)N1CC2CC1(C(C)C)C2.CC(C)N1C[C@H]2CCC[C@]1(C(C)C)C2.CC(C)[C@@H]1C2CCC(C2)N1C(C)C.CC(C)[C@@H]1C2CCC(CC2)N1C(C)C.CC(C)[C@@H]1CCCCN1C(C)C.CC(C)[C@@H]1CCCN1C(C)C.CC(C)[C@@H]1COCCN1C(C)C. The zero-order valence-electron chi connectivity index (χ0n) is 75.3. The van der Waals surface area contributed by atoms with Crippen LogP contribution < -0.4 is 0 Å². The number of carbonyl (C=O) groups excluding carboxylic acids is 1. The Morgan fingerprint density at radius 3 is 1.17 bits per heavy atom. The maximum absolute atomic E-state index is 11.4. The fraction of sp³-hybridized carbons (Fsp3) is 0.989. The molecule has 0 aromatic rings. The van der Waals surface area contributed by atoms with Crippen molar-refractivity contribution in [2.24, 2.45) is 71.0 Å². The lowest BCUT2D eigenvalue weighted by atomic mass is 9.67. The molecule has 11 heteroatoms. The molecule has 10 aliphatic heterocycles. The second kappa shape index (κ2) is 42.7. The second-order valence-corrected chi connectivity index (χ2v) is 40.8. The van der Waals surface area contributed by atoms with Crippen molar-refractivity contribution < 1.29 is 9.53 Å². The molecule has 10 atom stereocenters. The van der Waals surface area contributed by atoms with Crippen LogP contribution >= 0.6 is 0 Å². The first-order chi connectivity index (χ1) is 48.1. The van der Waals surface area contributed by atoms with E-state index in [1.165, 1.54) is 142 Å². The molecule has 1 amide bonds. The predicted octanol–water partition coefficient (Wildman–Crippen LogP) is 20.8. The molecule has 10 heterocycles. The van der Waals surface area contributed by atoms with Gasteiger partial charge in [-0.15, -0.1) is 0 Å². The molecular formula is C92H183N9O2. The lowest BCUT2D eigenvalue weighted by Gasteiger charge is -2.55. The Kier molecular flexibility index (Phi) is 38.4. The second-order valence-electron chi connectivity index (χ2n) is 40.8. The van der Waals surface area contributed by atoms with Crippen LogP contribution in [0, 0.1) is 71.0 Å². The fourth-order valence-electron chi connectivity index (χ4n) is 23.5. The smallest absolute Gasteiger partial charge is 0.219 e.